The smallest absolute Gasteiger partial charge is 0.210 e. The van der Waals surface area contributed by atoms with Gasteiger partial charge >= 0.3 is 0 Å². The summed E-state index contributed by atoms with van der Waals surface area (Å²) in [6.45, 7) is 6.35. The number of anilines is 3. The number of imidazole rings is 1. The van der Waals surface area contributed by atoms with E-state index in [1.165, 1.54) is 0 Å². The van der Waals surface area contributed by atoms with E-state index in [1.54, 1.807) is 36.4 Å². The number of nitrogens with one attached hydrogen (secondary N) is 3. The molecule has 12 heteroatoms. The van der Waals surface area contributed by atoms with Crippen LogP contribution in [0.15, 0.2) is 30.9 Å². The average Bonchev–Trinajstić information content (AvgIpc) is 3.48. The van der Waals surface area contributed by atoms with Crippen LogP contribution in [0.5, 0.6) is 11.5 Å². The molecule has 0 aliphatic rings. The fraction of sp³-hybridized carbons (Fsp3) is 0.286. The molecular formula is C21H23ClN10O. The van der Waals surface area contributed by atoms with Gasteiger partial charge in [-0.15, -0.1) is 0 Å². The van der Waals surface area contributed by atoms with Crippen LogP contribution in [0.2, 0.25) is 5.02 Å². The van der Waals surface area contributed by atoms with Crippen LogP contribution >= 0.6 is 11.6 Å². The van der Waals surface area contributed by atoms with Crippen molar-refractivity contribution in [1.82, 2.24) is 39.3 Å². The molecular weight excluding hydrogens is 444 g/mol. The third-order valence-corrected chi connectivity index (χ3v) is 5.64. The molecule has 11 nitrogen and oxygen atoms in total. The first-order valence-electron chi connectivity index (χ1n) is 10.3. The molecule has 170 valence electrons. The number of halogens is 1. The van der Waals surface area contributed by atoms with Crippen LogP contribution in [0.3, 0.4) is 0 Å². The lowest BCUT2D eigenvalue weighted by Gasteiger charge is -2.14. The number of aryl methyl sites for hydroxylation is 1. The van der Waals surface area contributed by atoms with Crippen LogP contribution in [0.25, 0.3) is 16.7 Å². The molecule has 0 radical (unpaired) electrons. The maximum absolute atomic E-state index is 6.71. The summed E-state index contributed by atoms with van der Waals surface area (Å²) in [7, 11) is 3.65. The van der Waals surface area contributed by atoms with Crippen LogP contribution in [-0.4, -0.2) is 46.4 Å². The Balaban J connectivity index is 1.47. The molecule has 0 atom stereocenters. The molecule has 0 unspecified atom stereocenters. The molecule has 5 rings (SSSR count). The van der Waals surface area contributed by atoms with Gasteiger partial charge in [-0.25, -0.2) is 14.5 Å². The minimum atomic E-state index is -0.0430. The highest BCUT2D eigenvalue weighted by molar-refractivity contribution is 6.36. The zero-order valence-electron chi connectivity index (χ0n) is 18.8. The number of ether oxygens (including phenoxy) is 1. The van der Waals surface area contributed by atoms with Crippen molar-refractivity contribution in [3.05, 3.63) is 41.6 Å². The second-order valence-electron chi connectivity index (χ2n) is 8.61. The quantitative estimate of drug-likeness (QED) is 0.351. The number of aromatic amines is 1. The first kappa shape index (κ1) is 21.0. The normalized spacial score (nSPS) is 11.9. The van der Waals surface area contributed by atoms with Crippen molar-refractivity contribution in [3.8, 4) is 11.5 Å². The van der Waals surface area contributed by atoms with E-state index in [-0.39, 0.29) is 5.41 Å². The fourth-order valence-corrected chi connectivity index (χ4v) is 3.67. The van der Waals surface area contributed by atoms with Gasteiger partial charge in [-0.1, -0.05) is 32.4 Å². The Hall–Kier alpha value is -3.86. The van der Waals surface area contributed by atoms with E-state index in [1.807, 2.05) is 17.7 Å². The van der Waals surface area contributed by atoms with E-state index >= 15 is 0 Å². The van der Waals surface area contributed by atoms with Gasteiger partial charge in [0.1, 0.15) is 21.9 Å². The van der Waals surface area contributed by atoms with Crippen molar-refractivity contribution in [3.63, 3.8) is 0 Å². The molecule has 0 saturated heterocycles. The summed E-state index contributed by atoms with van der Waals surface area (Å²) < 4.78 is 9.55. The summed E-state index contributed by atoms with van der Waals surface area (Å²) in [6, 6.07) is 1.96. The third-order valence-electron chi connectivity index (χ3n) is 5.28. The Bertz CT molecular complexity index is 1480. The number of rotatable bonds is 5. The predicted octanol–water partition coefficient (Wildman–Crippen LogP) is 4.26. The third kappa shape index (κ3) is 3.69. The molecule has 0 aliphatic carbocycles. The summed E-state index contributed by atoms with van der Waals surface area (Å²) in [5, 5.41) is 18.3. The molecule has 0 aromatic carbocycles. The molecule has 0 aliphatic heterocycles. The van der Waals surface area contributed by atoms with Crippen molar-refractivity contribution < 1.29 is 4.74 Å². The van der Waals surface area contributed by atoms with Gasteiger partial charge in [0.05, 0.1) is 24.8 Å². The second-order valence-corrected chi connectivity index (χ2v) is 8.99. The van der Waals surface area contributed by atoms with Gasteiger partial charge < -0.3 is 19.9 Å². The number of fused-ring (bicyclic) bond motifs is 2. The van der Waals surface area contributed by atoms with Crippen molar-refractivity contribution in [1.29, 1.82) is 0 Å². The Labute approximate surface area is 194 Å². The number of pyridine rings is 1. The Kier molecular flexibility index (Phi) is 4.85. The summed E-state index contributed by atoms with van der Waals surface area (Å²) in [4.78, 5) is 13.3. The molecule has 0 fully saturated rings. The molecule has 0 saturated carbocycles. The molecule has 5 aromatic heterocycles. The number of H-pyrrole nitrogens is 1. The minimum Gasteiger partial charge on any atom is -0.450 e. The summed E-state index contributed by atoms with van der Waals surface area (Å²) in [5.41, 5.74) is 2.80. The van der Waals surface area contributed by atoms with Gasteiger partial charge in [0.15, 0.2) is 23.0 Å². The van der Waals surface area contributed by atoms with E-state index in [0.717, 1.165) is 5.69 Å². The SMILES string of the molecule is CNc1cn2ncc(Oc3cnc4nc(Nc5cc(C(C)(C)C)[nH]n5)n(C)c4c3Cl)c2cn1. The lowest BCUT2D eigenvalue weighted by Crippen LogP contribution is -2.11. The zero-order valence-corrected chi connectivity index (χ0v) is 19.6. The molecule has 3 N–H and O–H groups in total. The van der Waals surface area contributed by atoms with Crippen LogP contribution in [0, 0.1) is 0 Å². The first-order valence-corrected chi connectivity index (χ1v) is 10.6. The summed E-state index contributed by atoms with van der Waals surface area (Å²) in [5.74, 6) is 2.81. The Morgan fingerprint density at radius 3 is 2.64 bits per heavy atom. The highest BCUT2D eigenvalue weighted by Crippen LogP contribution is 2.36. The Morgan fingerprint density at radius 1 is 1.09 bits per heavy atom. The molecule has 0 amide bonds. The minimum absolute atomic E-state index is 0.0430. The highest BCUT2D eigenvalue weighted by atomic mass is 35.5. The standard InChI is InChI=1S/C21H23ClN10O/c1-21(2,3)14-6-15(30-29-14)27-20-28-19-18(31(20)5)17(22)13(8-25-19)33-12-9-26-32-10-16(23-4)24-7-11(12)32/h6-10,23H,1-5H3,(H2,25,27,28,29,30). The average molecular weight is 467 g/mol. The first-order chi connectivity index (χ1) is 15.7. The van der Waals surface area contributed by atoms with Gasteiger partial charge in [-0.3, -0.25) is 5.10 Å². The maximum Gasteiger partial charge on any atom is 0.210 e. The summed E-state index contributed by atoms with van der Waals surface area (Å²) in [6.07, 6.45) is 6.60. The van der Waals surface area contributed by atoms with E-state index in [9.17, 15) is 0 Å². The van der Waals surface area contributed by atoms with Gasteiger partial charge in [0, 0.05) is 31.3 Å². The van der Waals surface area contributed by atoms with Gasteiger partial charge in [0.2, 0.25) is 5.95 Å². The van der Waals surface area contributed by atoms with E-state index < -0.39 is 0 Å². The lowest BCUT2D eigenvalue weighted by molar-refractivity contribution is 0.486. The van der Waals surface area contributed by atoms with E-state index in [0.29, 0.717) is 50.8 Å². The van der Waals surface area contributed by atoms with Gasteiger partial charge in [-0.2, -0.15) is 15.2 Å². The maximum atomic E-state index is 6.71. The molecule has 5 heterocycles. The molecule has 33 heavy (non-hydrogen) atoms. The number of aromatic nitrogens is 8. The monoisotopic (exact) mass is 466 g/mol. The molecule has 0 spiro atoms. The largest absolute Gasteiger partial charge is 0.450 e. The predicted molar refractivity (Wildman–Crippen MR) is 127 cm³/mol. The summed E-state index contributed by atoms with van der Waals surface area (Å²) >= 11 is 6.71. The van der Waals surface area contributed by atoms with E-state index in [4.69, 9.17) is 16.3 Å². The van der Waals surface area contributed by atoms with E-state index in [2.05, 4.69) is 61.7 Å². The van der Waals surface area contributed by atoms with Crippen molar-refractivity contribution >= 4 is 45.9 Å². The van der Waals surface area contributed by atoms with Crippen molar-refractivity contribution in [2.45, 2.75) is 26.2 Å². The number of hydrogen-bond acceptors (Lipinski definition) is 8. The van der Waals surface area contributed by atoms with Gasteiger partial charge in [0.25, 0.3) is 0 Å². The number of nitrogens with zero attached hydrogens (tertiary/aromatic N) is 7. The van der Waals surface area contributed by atoms with Crippen LogP contribution in [0.4, 0.5) is 17.6 Å². The Morgan fingerprint density at radius 2 is 1.91 bits per heavy atom. The zero-order chi connectivity index (χ0) is 23.3. The van der Waals surface area contributed by atoms with Crippen molar-refractivity contribution in [2.75, 3.05) is 17.7 Å². The van der Waals surface area contributed by atoms with Crippen LogP contribution in [-0.2, 0) is 12.5 Å². The topological polar surface area (TPSA) is 123 Å². The van der Waals surface area contributed by atoms with Gasteiger partial charge in [-0.05, 0) is 0 Å². The fourth-order valence-electron chi connectivity index (χ4n) is 3.37. The highest BCUT2D eigenvalue weighted by Gasteiger charge is 2.20. The van der Waals surface area contributed by atoms with Crippen LogP contribution in [0.1, 0.15) is 26.5 Å². The number of hydrogen-bond donors (Lipinski definition) is 3. The molecule has 0 bridgehead atoms. The molecule has 5 aromatic rings. The lowest BCUT2D eigenvalue weighted by atomic mass is 9.92. The second kappa shape index (κ2) is 7.62. The van der Waals surface area contributed by atoms with Crippen LogP contribution < -0.4 is 15.4 Å². The van der Waals surface area contributed by atoms with Crippen molar-refractivity contribution in [2.24, 2.45) is 7.05 Å².